The number of carbonyl (C=O) groups excluding carboxylic acids is 1. The number of aromatic nitrogens is 2. The highest BCUT2D eigenvalue weighted by molar-refractivity contribution is 5.78. The minimum absolute atomic E-state index is 0.0742. The lowest BCUT2D eigenvalue weighted by molar-refractivity contribution is -0.135. The van der Waals surface area contributed by atoms with Gasteiger partial charge >= 0.3 is 5.69 Å². The third-order valence-corrected chi connectivity index (χ3v) is 4.73. The number of fused-ring (bicyclic) bond motifs is 1. The van der Waals surface area contributed by atoms with Crippen LogP contribution in [0.25, 0.3) is 11.0 Å². The molecule has 6 nitrogen and oxygen atoms in total. The molecular formula is C18H25N3O3. The van der Waals surface area contributed by atoms with E-state index in [9.17, 15) is 9.59 Å². The van der Waals surface area contributed by atoms with Crippen molar-refractivity contribution < 1.29 is 9.53 Å². The number of carbonyl (C=O) groups is 1. The zero-order chi connectivity index (χ0) is 17.1. The Labute approximate surface area is 141 Å². The van der Waals surface area contributed by atoms with Gasteiger partial charge in [-0.05, 0) is 31.9 Å². The number of aryl methyl sites for hydroxylation is 2. The van der Waals surface area contributed by atoms with E-state index in [0.717, 1.165) is 30.4 Å². The summed E-state index contributed by atoms with van der Waals surface area (Å²) in [4.78, 5) is 26.8. The zero-order valence-corrected chi connectivity index (χ0v) is 14.4. The van der Waals surface area contributed by atoms with Crippen LogP contribution >= 0.6 is 0 Å². The first-order valence-corrected chi connectivity index (χ1v) is 8.65. The summed E-state index contributed by atoms with van der Waals surface area (Å²) in [5.41, 5.74) is 1.70. The molecule has 1 saturated heterocycles. The van der Waals surface area contributed by atoms with Crippen molar-refractivity contribution in [3.8, 4) is 0 Å². The minimum atomic E-state index is -0.0742. The van der Waals surface area contributed by atoms with Crippen molar-refractivity contribution in [3.05, 3.63) is 34.7 Å². The van der Waals surface area contributed by atoms with Crippen molar-refractivity contribution in [2.24, 2.45) is 7.05 Å². The Kier molecular flexibility index (Phi) is 5.04. The van der Waals surface area contributed by atoms with Crippen LogP contribution < -0.4 is 5.69 Å². The van der Waals surface area contributed by atoms with Gasteiger partial charge in [-0.15, -0.1) is 0 Å². The Morgan fingerprint density at radius 1 is 1.29 bits per heavy atom. The molecule has 0 N–H and O–H groups in total. The van der Waals surface area contributed by atoms with Crippen LogP contribution in [0.3, 0.4) is 0 Å². The molecule has 0 radical (unpaired) electrons. The normalized spacial score (nSPS) is 18.2. The van der Waals surface area contributed by atoms with Crippen LogP contribution in [-0.2, 0) is 23.1 Å². The van der Waals surface area contributed by atoms with E-state index in [1.165, 1.54) is 0 Å². The molecule has 130 valence electrons. The first-order valence-electron chi connectivity index (χ1n) is 8.65. The van der Waals surface area contributed by atoms with Crippen LogP contribution in [0, 0.1) is 0 Å². The van der Waals surface area contributed by atoms with Gasteiger partial charge in [0.2, 0.25) is 5.91 Å². The van der Waals surface area contributed by atoms with Gasteiger partial charge in [0.1, 0.15) is 0 Å². The first kappa shape index (κ1) is 16.8. The average molecular weight is 331 g/mol. The smallest absolute Gasteiger partial charge is 0.328 e. The Morgan fingerprint density at radius 2 is 2.04 bits per heavy atom. The molecule has 1 aromatic carbocycles. The number of piperidine rings is 1. The van der Waals surface area contributed by atoms with Crippen LogP contribution in [0.1, 0.15) is 26.2 Å². The maximum Gasteiger partial charge on any atom is 0.328 e. The van der Waals surface area contributed by atoms with Crippen molar-refractivity contribution in [1.82, 2.24) is 14.0 Å². The van der Waals surface area contributed by atoms with Crippen molar-refractivity contribution in [1.29, 1.82) is 0 Å². The summed E-state index contributed by atoms with van der Waals surface area (Å²) in [6, 6.07) is 7.68. The summed E-state index contributed by atoms with van der Waals surface area (Å²) in [6.07, 6.45) is 2.48. The fraction of sp³-hybridized carbons (Fsp3) is 0.556. The van der Waals surface area contributed by atoms with Crippen molar-refractivity contribution >= 4 is 16.9 Å². The Bertz CT molecular complexity index is 775. The molecule has 24 heavy (non-hydrogen) atoms. The molecule has 1 atom stereocenters. The molecule has 0 saturated carbocycles. The second-order valence-corrected chi connectivity index (χ2v) is 6.29. The molecule has 6 heteroatoms. The molecule has 0 unspecified atom stereocenters. The number of nitrogens with zero attached hydrogens (tertiary/aromatic N) is 3. The second kappa shape index (κ2) is 7.21. The van der Waals surface area contributed by atoms with Crippen LogP contribution in [-0.4, -0.2) is 45.7 Å². The predicted molar refractivity (Wildman–Crippen MR) is 93.0 cm³/mol. The van der Waals surface area contributed by atoms with Gasteiger partial charge in [0.05, 0.1) is 17.1 Å². The fourth-order valence-electron chi connectivity index (χ4n) is 3.48. The van der Waals surface area contributed by atoms with Crippen LogP contribution in [0.2, 0.25) is 0 Å². The molecule has 0 aliphatic carbocycles. The molecule has 1 fully saturated rings. The fourth-order valence-corrected chi connectivity index (χ4v) is 3.48. The lowest BCUT2D eigenvalue weighted by Crippen LogP contribution is -2.43. The molecule has 0 spiro atoms. The van der Waals surface area contributed by atoms with Crippen molar-refractivity contribution in [2.45, 2.75) is 38.8 Å². The lowest BCUT2D eigenvalue weighted by Gasteiger charge is -2.32. The highest BCUT2D eigenvalue weighted by Gasteiger charge is 2.24. The monoisotopic (exact) mass is 331 g/mol. The number of rotatable bonds is 5. The molecule has 1 amide bonds. The maximum absolute atomic E-state index is 12.5. The van der Waals surface area contributed by atoms with E-state index in [1.54, 1.807) is 16.2 Å². The third-order valence-electron chi connectivity index (χ3n) is 4.73. The van der Waals surface area contributed by atoms with E-state index < -0.39 is 0 Å². The summed E-state index contributed by atoms with van der Waals surface area (Å²) in [7, 11) is 1.76. The molecule has 2 aromatic rings. The van der Waals surface area contributed by atoms with E-state index in [2.05, 4.69) is 0 Å². The highest BCUT2D eigenvalue weighted by Crippen LogP contribution is 2.15. The summed E-state index contributed by atoms with van der Waals surface area (Å²) < 4.78 is 8.98. The summed E-state index contributed by atoms with van der Waals surface area (Å²) in [5.74, 6) is 0.0965. The minimum Gasteiger partial charge on any atom is -0.377 e. The summed E-state index contributed by atoms with van der Waals surface area (Å²) in [6.45, 7) is 4.52. The third kappa shape index (κ3) is 3.24. The highest BCUT2D eigenvalue weighted by atomic mass is 16.5. The predicted octanol–water partition coefficient (Wildman–Crippen LogP) is 1.76. The molecule has 1 aliphatic heterocycles. The number of hydrogen-bond donors (Lipinski definition) is 0. The Morgan fingerprint density at radius 3 is 2.79 bits per heavy atom. The quantitative estimate of drug-likeness (QED) is 0.839. The molecule has 0 bridgehead atoms. The van der Waals surface area contributed by atoms with Crippen molar-refractivity contribution in [2.75, 3.05) is 19.7 Å². The number of ether oxygens (including phenoxy) is 1. The number of imidazole rings is 1. The summed E-state index contributed by atoms with van der Waals surface area (Å²) >= 11 is 0. The first-order chi connectivity index (χ1) is 11.6. The van der Waals surface area contributed by atoms with Gasteiger partial charge in [0.25, 0.3) is 0 Å². The molecule has 1 aliphatic rings. The van der Waals surface area contributed by atoms with Crippen LogP contribution in [0.4, 0.5) is 0 Å². The van der Waals surface area contributed by atoms with Gasteiger partial charge in [-0.1, -0.05) is 12.1 Å². The molecule has 3 rings (SSSR count). The molecular weight excluding hydrogens is 306 g/mol. The SMILES string of the molecule is CCO[C@@H]1CCCN(C(=O)CCn2c(=O)n(C)c3ccccc32)C1. The number of amides is 1. The van der Waals surface area contributed by atoms with Gasteiger partial charge < -0.3 is 9.64 Å². The Hall–Kier alpha value is -2.08. The second-order valence-electron chi connectivity index (χ2n) is 6.29. The zero-order valence-electron chi connectivity index (χ0n) is 14.4. The van der Waals surface area contributed by atoms with E-state index in [4.69, 9.17) is 4.74 Å². The van der Waals surface area contributed by atoms with Crippen LogP contribution in [0.15, 0.2) is 29.1 Å². The van der Waals surface area contributed by atoms with Gasteiger partial charge in [0, 0.05) is 39.7 Å². The number of para-hydroxylation sites is 2. The topological polar surface area (TPSA) is 56.5 Å². The largest absolute Gasteiger partial charge is 0.377 e. The van der Waals surface area contributed by atoms with E-state index in [0.29, 0.717) is 26.1 Å². The average Bonchev–Trinajstić information content (AvgIpc) is 2.85. The van der Waals surface area contributed by atoms with E-state index >= 15 is 0 Å². The lowest BCUT2D eigenvalue weighted by atomic mass is 10.1. The van der Waals surface area contributed by atoms with E-state index in [-0.39, 0.29) is 17.7 Å². The van der Waals surface area contributed by atoms with Crippen LogP contribution in [0.5, 0.6) is 0 Å². The Balaban J connectivity index is 1.69. The number of hydrogen-bond acceptors (Lipinski definition) is 3. The van der Waals surface area contributed by atoms with Gasteiger partial charge in [0.15, 0.2) is 0 Å². The number of likely N-dealkylation sites (tertiary alicyclic amines) is 1. The summed E-state index contributed by atoms with van der Waals surface area (Å²) in [5, 5.41) is 0. The standard InChI is InChI=1S/C18H25N3O3/c1-3-24-14-7-6-11-20(13-14)17(22)10-12-21-16-9-5-4-8-15(16)19(2)18(21)23/h4-5,8-9,14H,3,6-7,10-13H2,1-2H3/t14-/m1/s1. The van der Waals surface area contributed by atoms with Crippen molar-refractivity contribution in [3.63, 3.8) is 0 Å². The van der Waals surface area contributed by atoms with E-state index in [1.807, 2.05) is 36.1 Å². The van der Waals surface area contributed by atoms with Gasteiger partial charge in [-0.25, -0.2) is 4.79 Å². The van der Waals surface area contributed by atoms with Gasteiger partial charge in [-0.3, -0.25) is 13.9 Å². The van der Waals surface area contributed by atoms with Gasteiger partial charge in [-0.2, -0.15) is 0 Å². The maximum atomic E-state index is 12.5. The molecule has 1 aromatic heterocycles. The number of benzene rings is 1. The molecule has 2 heterocycles.